The summed E-state index contributed by atoms with van der Waals surface area (Å²) in [6.07, 6.45) is 1.14. The van der Waals surface area contributed by atoms with Gasteiger partial charge in [-0.1, -0.05) is 74.5 Å². The van der Waals surface area contributed by atoms with E-state index < -0.39 is 28.5 Å². The van der Waals surface area contributed by atoms with Crippen LogP contribution in [0.3, 0.4) is 0 Å². The lowest BCUT2D eigenvalue weighted by Crippen LogP contribution is -2.53. The molecule has 3 aromatic carbocycles. The third kappa shape index (κ3) is 7.22. The summed E-state index contributed by atoms with van der Waals surface area (Å²) in [4.78, 5) is 28.8. The van der Waals surface area contributed by atoms with E-state index in [-0.39, 0.29) is 23.4 Å². The molecule has 0 aromatic heterocycles. The van der Waals surface area contributed by atoms with E-state index in [2.05, 4.69) is 5.32 Å². The molecule has 0 saturated carbocycles. The number of benzene rings is 3. The first-order valence-electron chi connectivity index (χ1n) is 13.0. The Morgan fingerprint density at radius 3 is 2.08 bits per heavy atom. The molecular formula is C30H37N3O4S. The van der Waals surface area contributed by atoms with E-state index >= 15 is 0 Å². The van der Waals surface area contributed by atoms with Crippen molar-refractivity contribution in [3.8, 4) is 0 Å². The van der Waals surface area contributed by atoms with E-state index in [1.165, 1.54) is 17.0 Å². The highest BCUT2D eigenvalue weighted by molar-refractivity contribution is 7.92. The van der Waals surface area contributed by atoms with Gasteiger partial charge < -0.3 is 10.2 Å². The van der Waals surface area contributed by atoms with Crippen molar-refractivity contribution in [2.45, 2.75) is 64.1 Å². The molecule has 0 spiro atoms. The van der Waals surface area contributed by atoms with Crippen LogP contribution in [0, 0.1) is 6.92 Å². The third-order valence-corrected chi connectivity index (χ3v) is 8.27. The van der Waals surface area contributed by atoms with Gasteiger partial charge in [0.25, 0.3) is 10.0 Å². The Hall–Kier alpha value is -3.65. The summed E-state index contributed by atoms with van der Waals surface area (Å²) in [5.41, 5.74) is 2.10. The Bertz CT molecular complexity index is 1310. The zero-order valence-corrected chi connectivity index (χ0v) is 23.3. The quantitative estimate of drug-likeness (QED) is 0.357. The van der Waals surface area contributed by atoms with Gasteiger partial charge in [0.2, 0.25) is 11.8 Å². The van der Waals surface area contributed by atoms with E-state index in [1.54, 1.807) is 36.4 Å². The summed E-state index contributed by atoms with van der Waals surface area (Å²) in [7, 11) is -4.06. The van der Waals surface area contributed by atoms with Gasteiger partial charge in [0, 0.05) is 12.6 Å². The van der Waals surface area contributed by atoms with Crippen molar-refractivity contribution >= 4 is 27.5 Å². The molecule has 3 rings (SSSR count). The highest BCUT2D eigenvalue weighted by atomic mass is 32.2. The van der Waals surface area contributed by atoms with Crippen LogP contribution in [0.15, 0.2) is 89.8 Å². The molecule has 0 unspecified atom stereocenters. The van der Waals surface area contributed by atoms with Gasteiger partial charge in [0.15, 0.2) is 0 Å². The van der Waals surface area contributed by atoms with Crippen molar-refractivity contribution < 1.29 is 18.0 Å². The average molecular weight is 536 g/mol. The van der Waals surface area contributed by atoms with E-state index in [0.29, 0.717) is 12.1 Å². The lowest BCUT2D eigenvalue weighted by Gasteiger charge is -2.33. The Morgan fingerprint density at radius 1 is 0.868 bits per heavy atom. The van der Waals surface area contributed by atoms with Crippen LogP contribution in [-0.4, -0.2) is 43.8 Å². The predicted octanol–water partition coefficient (Wildman–Crippen LogP) is 4.91. The number of carbonyl (C=O) groups excluding carboxylic acids is 2. The number of anilines is 1. The van der Waals surface area contributed by atoms with Gasteiger partial charge in [-0.2, -0.15) is 0 Å². The molecule has 0 saturated heterocycles. The van der Waals surface area contributed by atoms with E-state index in [4.69, 9.17) is 0 Å². The van der Waals surface area contributed by atoms with Gasteiger partial charge in [-0.15, -0.1) is 0 Å². The maximum absolute atomic E-state index is 14.0. The number of hydrogen-bond donors (Lipinski definition) is 1. The molecule has 1 N–H and O–H groups in total. The predicted molar refractivity (Wildman–Crippen MR) is 151 cm³/mol. The van der Waals surface area contributed by atoms with E-state index in [9.17, 15) is 18.0 Å². The molecule has 8 heteroatoms. The van der Waals surface area contributed by atoms with Crippen molar-refractivity contribution in [1.29, 1.82) is 0 Å². The van der Waals surface area contributed by atoms with Gasteiger partial charge in [0.1, 0.15) is 12.6 Å². The van der Waals surface area contributed by atoms with Crippen molar-refractivity contribution in [3.05, 3.63) is 96.1 Å². The molecule has 0 fully saturated rings. The number of aryl methyl sites for hydroxylation is 1. The molecule has 0 aliphatic rings. The maximum atomic E-state index is 14.0. The minimum atomic E-state index is -4.06. The van der Waals surface area contributed by atoms with E-state index in [0.717, 1.165) is 21.9 Å². The summed E-state index contributed by atoms with van der Waals surface area (Å²) < 4.78 is 28.7. The van der Waals surface area contributed by atoms with Crippen LogP contribution in [0.2, 0.25) is 0 Å². The van der Waals surface area contributed by atoms with Gasteiger partial charge in [-0.05, 0) is 62.1 Å². The topological polar surface area (TPSA) is 86.8 Å². The minimum Gasteiger partial charge on any atom is -0.352 e. The largest absolute Gasteiger partial charge is 0.352 e. The fraction of sp³-hybridized carbons (Fsp3) is 0.333. The summed E-state index contributed by atoms with van der Waals surface area (Å²) in [5.74, 6) is -0.708. The molecule has 7 nitrogen and oxygen atoms in total. The van der Waals surface area contributed by atoms with Crippen LogP contribution in [0.1, 0.15) is 44.7 Å². The Morgan fingerprint density at radius 2 is 1.50 bits per heavy atom. The number of nitrogens with one attached hydrogen (secondary N) is 1. The number of amides is 2. The Labute approximate surface area is 226 Å². The second kappa shape index (κ2) is 13.2. The second-order valence-electron chi connectivity index (χ2n) is 9.41. The highest BCUT2D eigenvalue weighted by Gasteiger charge is 2.33. The summed E-state index contributed by atoms with van der Waals surface area (Å²) in [6, 6.07) is 23.7. The first-order chi connectivity index (χ1) is 18.2. The fourth-order valence-electron chi connectivity index (χ4n) is 4.17. The highest BCUT2D eigenvalue weighted by Crippen LogP contribution is 2.25. The average Bonchev–Trinajstić information content (AvgIpc) is 2.92. The zero-order valence-electron chi connectivity index (χ0n) is 22.5. The van der Waals surface area contributed by atoms with Gasteiger partial charge >= 0.3 is 0 Å². The lowest BCUT2D eigenvalue weighted by atomic mass is 10.1. The second-order valence-corrected chi connectivity index (χ2v) is 11.3. The molecule has 0 aliphatic heterocycles. The number of hydrogen-bond acceptors (Lipinski definition) is 4. The minimum absolute atomic E-state index is 0.0486. The van der Waals surface area contributed by atoms with Gasteiger partial charge in [0.05, 0.1) is 10.6 Å². The van der Waals surface area contributed by atoms with Gasteiger partial charge in [-0.25, -0.2) is 8.42 Å². The van der Waals surface area contributed by atoms with Crippen LogP contribution in [0.5, 0.6) is 0 Å². The molecule has 38 heavy (non-hydrogen) atoms. The molecule has 0 bridgehead atoms. The zero-order chi connectivity index (χ0) is 27.7. The Balaban J connectivity index is 2.03. The summed E-state index contributed by atoms with van der Waals surface area (Å²) >= 11 is 0. The normalized spacial score (nSPS) is 12.8. The standard InChI is InChI=1S/C30H37N3O4S/c1-5-24(4)31-30(35)28(6-2)32(21-25-15-9-7-10-16-25)29(34)22-33(26-17-13-14-23(3)20-26)38(36,37)27-18-11-8-12-19-27/h7-20,24,28H,5-6,21-22H2,1-4H3,(H,31,35)/t24-,28+/m1/s1. The molecule has 0 aliphatic carbocycles. The molecule has 2 amide bonds. The van der Waals surface area contributed by atoms with Crippen molar-refractivity contribution in [2.75, 3.05) is 10.8 Å². The molecule has 2 atom stereocenters. The first-order valence-corrected chi connectivity index (χ1v) is 14.4. The lowest BCUT2D eigenvalue weighted by molar-refractivity contribution is -0.140. The van der Waals surface area contributed by atoms with Crippen molar-refractivity contribution in [1.82, 2.24) is 10.2 Å². The number of rotatable bonds is 12. The fourth-order valence-corrected chi connectivity index (χ4v) is 5.60. The van der Waals surface area contributed by atoms with Gasteiger partial charge in [-0.3, -0.25) is 13.9 Å². The molecule has 202 valence electrons. The molecular weight excluding hydrogens is 498 g/mol. The summed E-state index contributed by atoms with van der Waals surface area (Å²) in [6.45, 7) is 7.35. The van der Waals surface area contributed by atoms with Crippen LogP contribution in [-0.2, 0) is 26.2 Å². The monoisotopic (exact) mass is 535 g/mol. The third-order valence-electron chi connectivity index (χ3n) is 6.48. The first kappa shape index (κ1) is 28.9. The van der Waals surface area contributed by atoms with Crippen LogP contribution < -0.4 is 9.62 Å². The smallest absolute Gasteiger partial charge is 0.264 e. The Kier molecular flexibility index (Phi) is 10.1. The summed E-state index contributed by atoms with van der Waals surface area (Å²) in [5, 5.41) is 2.99. The van der Waals surface area contributed by atoms with Crippen LogP contribution in [0.25, 0.3) is 0 Å². The molecule has 0 heterocycles. The number of nitrogens with zero attached hydrogens (tertiary/aromatic N) is 2. The number of sulfonamides is 1. The SMILES string of the molecule is CC[C@@H](C)NC(=O)[C@H](CC)N(Cc1ccccc1)C(=O)CN(c1cccc(C)c1)S(=O)(=O)c1ccccc1. The van der Waals surface area contributed by atoms with Crippen molar-refractivity contribution in [2.24, 2.45) is 0 Å². The molecule has 0 radical (unpaired) electrons. The van der Waals surface area contributed by atoms with E-state index in [1.807, 2.05) is 64.1 Å². The number of carbonyl (C=O) groups is 2. The van der Waals surface area contributed by atoms with Crippen LogP contribution >= 0.6 is 0 Å². The van der Waals surface area contributed by atoms with Crippen LogP contribution in [0.4, 0.5) is 5.69 Å². The molecule has 3 aromatic rings. The maximum Gasteiger partial charge on any atom is 0.264 e. The van der Waals surface area contributed by atoms with Crippen molar-refractivity contribution in [3.63, 3.8) is 0 Å².